The van der Waals surface area contributed by atoms with Crippen LogP contribution in [-0.2, 0) is 19.1 Å². The first-order valence-corrected chi connectivity index (χ1v) is 15.1. The number of hydrogen-bond acceptors (Lipinski definition) is 8. The van der Waals surface area contributed by atoms with Gasteiger partial charge in [-0.1, -0.05) is 13.3 Å². The predicted octanol–water partition coefficient (Wildman–Crippen LogP) is 2.61. The van der Waals surface area contributed by atoms with Gasteiger partial charge >= 0.3 is 6.03 Å². The van der Waals surface area contributed by atoms with Crippen molar-refractivity contribution in [3.05, 3.63) is 9.39 Å². The molecule has 2 saturated heterocycles. The first-order valence-electron chi connectivity index (χ1n) is 12.3. The van der Waals surface area contributed by atoms with Gasteiger partial charge in [-0.05, 0) is 40.9 Å². The first kappa shape index (κ1) is 28.8. The Kier molecular flexibility index (Phi) is 12.2. The highest BCUT2D eigenvalue weighted by Gasteiger charge is 2.42. The quantitative estimate of drug-likeness (QED) is 0.174. The lowest BCUT2D eigenvalue weighted by atomic mass is 10.0. The lowest BCUT2D eigenvalue weighted by Gasteiger charge is -2.22. The molecule has 3 rings (SSSR count). The lowest BCUT2D eigenvalue weighted by molar-refractivity contribution is -0.132. The van der Waals surface area contributed by atoms with Crippen LogP contribution in [0.15, 0.2) is 9.39 Å². The van der Waals surface area contributed by atoms with Crippen LogP contribution < -0.4 is 10.6 Å². The smallest absolute Gasteiger partial charge is 0.315 e. The van der Waals surface area contributed by atoms with Gasteiger partial charge in [0.2, 0.25) is 0 Å². The van der Waals surface area contributed by atoms with Crippen molar-refractivity contribution in [1.82, 2.24) is 15.5 Å². The minimum atomic E-state index is -0.916. The van der Waals surface area contributed by atoms with E-state index in [0.29, 0.717) is 66.9 Å². The summed E-state index contributed by atoms with van der Waals surface area (Å²) in [6, 6.07) is 0.429. The Balaban J connectivity index is 1.12. The molecule has 3 heterocycles. The number of carbonyl (C=O) groups excluding carboxylic acids is 3. The fourth-order valence-electron chi connectivity index (χ4n) is 4.41. The highest BCUT2D eigenvalue weighted by Crippen LogP contribution is 2.36. The number of rotatable bonds is 17. The van der Waals surface area contributed by atoms with E-state index in [9.17, 15) is 19.5 Å². The van der Waals surface area contributed by atoms with Crippen molar-refractivity contribution < 1.29 is 29.0 Å². The first-order chi connectivity index (χ1) is 16.9. The molecule has 198 valence electrons. The van der Waals surface area contributed by atoms with Crippen LogP contribution in [0.2, 0.25) is 0 Å². The number of fused-ring (bicyclic) bond motifs is 1. The van der Waals surface area contributed by atoms with Crippen LogP contribution in [0.1, 0.15) is 45.4 Å². The summed E-state index contributed by atoms with van der Waals surface area (Å²) in [7, 11) is 0. The van der Waals surface area contributed by atoms with Gasteiger partial charge in [-0.3, -0.25) is 9.59 Å². The summed E-state index contributed by atoms with van der Waals surface area (Å²) in [5.41, 5.74) is 0. The number of nitrogens with one attached hydrogen (secondary N) is 2. The summed E-state index contributed by atoms with van der Waals surface area (Å²) >= 11 is 6.63. The van der Waals surface area contributed by atoms with E-state index in [2.05, 4.69) is 26.6 Å². The molecule has 12 heteroatoms. The second kappa shape index (κ2) is 14.8. The van der Waals surface area contributed by atoms with Crippen LogP contribution in [0, 0.1) is 0 Å². The zero-order valence-corrected chi connectivity index (χ0v) is 23.4. The van der Waals surface area contributed by atoms with E-state index in [0.717, 1.165) is 30.8 Å². The van der Waals surface area contributed by atoms with E-state index < -0.39 is 6.23 Å². The Bertz CT molecular complexity index is 786. The fourth-order valence-corrected chi connectivity index (χ4v) is 7.53. The summed E-state index contributed by atoms with van der Waals surface area (Å²) in [6.45, 7) is 3.94. The lowest BCUT2D eigenvalue weighted by Crippen LogP contribution is -2.37. The minimum Gasteiger partial charge on any atom is -0.379 e. The van der Waals surface area contributed by atoms with Crippen molar-refractivity contribution >= 4 is 57.2 Å². The molecule has 1 unspecified atom stereocenters. The number of aliphatic hydroxyl groups is 1. The highest BCUT2D eigenvalue weighted by atomic mass is 79.9. The van der Waals surface area contributed by atoms with Gasteiger partial charge in [-0.15, -0.1) is 11.8 Å². The molecule has 35 heavy (non-hydrogen) atoms. The molecule has 9 nitrogen and oxygen atoms in total. The van der Waals surface area contributed by atoms with Crippen LogP contribution in [0.4, 0.5) is 4.79 Å². The van der Waals surface area contributed by atoms with Gasteiger partial charge in [0, 0.05) is 37.0 Å². The number of aliphatic hydroxyl groups excluding tert-OH is 1. The number of hydrogen-bond donors (Lipinski definition) is 3. The van der Waals surface area contributed by atoms with Gasteiger partial charge in [-0.2, -0.15) is 11.8 Å². The molecular weight excluding hydrogens is 558 g/mol. The number of Topliss-reactive ketones (excluding diaryl/α,β-unsaturated/α-hetero) is 1. The number of carbonyl (C=O) groups is 3. The third kappa shape index (κ3) is 8.36. The van der Waals surface area contributed by atoms with Crippen LogP contribution in [0.5, 0.6) is 0 Å². The number of ketones is 1. The molecule has 0 spiro atoms. The zero-order valence-electron chi connectivity index (χ0n) is 20.1. The molecular formula is C23H36BrN3O6S2. The molecule has 2 fully saturated rings. The molecule has 0 aromatic rings. The Hall–Kier alpha value is -0.790. The number of halogens is 1. The van der Waals surface area contributed by atoms with E-state index in [1.54, 1.807) is 0 Å². The van der Waals surface area contributed by atoms with Gasteiger partial charge in [-0.25, -0.2) is 4.79 Å². The standard InChI is InChI=1S/C23H36BrN3O6S2/c1-2-34-20-18(24)21(29)27(22(20)30)9-11-33-13-12-32-10-5-7-15(28)6-3-4-8-17-19-16(14-35-17)25-23(31)26-19/h16-17,19,22,30H,2-14H2,1H3,(H2,25,26,31)/t16-,17-,19-,22?/m0/s1. The number of thioether (sulfide) groups is 2. The summed E-state index contributed by atoms with van der Waals surface area (Å²) in [5, 5.41) is 16.7. The Morgan fingerprint density at radius 2 is 1.89 bits per heavy atom. The number of urea groups is 1. The van der Waals surface area contributed by atoms with E-state index >= 15 is 0 Å². The maximum Gasteiger partial charge on any atom is 0.315 e. The summed E-state index contributed by atoms with van der Waals surface area (Å²) in [6.07, 6.45) is 3.83. The second-order valence-corrected chi connectivity index (χ2v) is 12.1. The van der Waals surface area contributed by atoms with Crippen molar-refractivity contribution in [3.63, 3.8) is 0 Å². The number of unbranched alkanes of at least 4 members (excludes halogenated alkanes) is 1. The van der Waals surface area contributed by atoms with Crippen molar-refractivity contribution in [2.45, 2.75) is 69.0 Å². The zero-order chi connectivity index (χ0) is 25.2. The fraction of sp³-hybridized carbons (Fsp3) is 0.783. The Morgan fingerprint density at radius 1 is 1.14 bits per heavy atom. The van der Waals surface area contributed by atoms with Crippen LogP contribution in [0.25, 0.3) is 0 Å². The maximum atomic E-state index is 12.2. The number of nitrogens with zero attached hydrogens (tertiary/aromatic N) is 1. The summed E-state index contributed by atoms with van der Waals surface area (Å²) in [5.74, 6) is 1.80. The van der Waals surface area contributed by atoms with E-state index in [1.807, 2.05) is 18.7 Å². The molecule has 0 bridgehead atoms. The minimum absolute atomic E-state index is 0.0567. The van der Waals surface area contributed by atoms with Gasteiger partial charge < -0.3 is 30.1 Å². The molecule has 0 aromatic heterocycles. The second-order valence-electron chi connectivity index (χ2n) is 8.72. The van der Waals surface area contributed by atoms with E-state index in [1.165, 1.54) is 16.7 Å². The molecule has 3 aliphatic heterocycles. The molecule has 3 N–H and O–H groups in total. The average molecular weight is 595 g/mol. The summed E-state index contributed by atoms with van der Waals surface area (Å²) < 4.78 is 11.5. The predicted molar refractivity (Wildman–Crippen MR) is 142 cm³/mol. The monoisotopic (exact) mass is 593 g/mol. The largest absolute Gasteiger partial charge is 0.379 e. The van der Waals surface area contributed by atoms with Gasteiger partial charge in [0.05, 0.1) is 41.3 Å². The SMILES string of the molecule is CCSC1=C(Br)C(=O)N(CCOCCOCCCC(=O)CCCC[C@@H]2SC[C@@H]3NC(=O)N[C@@H]32)C1O. The molecule has 0 saturated carbocycles. The van der Waals surface area contributed by atoms with Crippen molar-refractivity contribution in [3.8, 4) is 0 Å². The Morgan fingerprint density at radius 3 is 2.66 bits per heavy atom. The third-order valence-corrected chi connectivity index (χ3v) is 9.77. The van der Waals surface area contributed by atoms with Crippen LogP contribution in [0.3, 0.4) is 0 Å². The molecule has 0 radical (unpaired) electrons. The van der Waals surface area contributed by atoms with Crippen LogP contribution in [-0.4, -0.2) is 95.8 Å². The van der Waals surface area contributed by atoms with Gasteiger partial charge in [0.15, 0.2) is 6.23 Å². The summed E-state index contributed by atoms with van der Waals surface area (Å²) in [4.78, 5) is 37.8. The van der Waals surface area contributed by atoms with Crippen molar-refractivity contribution in [2.24, 2.45) is 0 Å². The molecule has 3 aliphatic rings. The van der Waals surface area contributed by atoms with Crippen molar-refractivity contribution in [2.75, 3.05) is 44.5 Å². The number of ether oxygens (including phenoxy) is 2. The van der Waals surface area contributed by atoms with E-state index in [-0.39, 0.29) is 29.8 Å². The third-order valence-electron chi connectivity index (χ3n) is 6.22. The van der Waals surface area contributed by atoms with Crippen LogP contribution >= 0.6 is 39.5 Å². The molecule has 3 amide bonds. The van der Waals surface area contributed by atoms with Gasteiger partial charge in [0.25, 0.3) is 5.91 Å². The molecule has 4 atom stereocenters. The van der Waals surface area contributed by atoms with E-state index in [4.69, 9.17) is 9.47 Å². The Labute approximate surface area is 224 Å². The number of amides is 3. The van der Waals surface area contributed by atoms with Crippen molar-refractivity contribution in [1.29, 1.82) is 0 Å². The van der Waals surface area contributed by atoms with Gasteiger partial charge in [0.1, 0.15) is 5.78 Å². The highest BCUT2D eigenvalue weighted by molar-refractivity contribution is 9.12. The molecule has 0 aliphatic carbocycles. The maximum absolute atomic E-state index is 12.2. The normalized spacial score (nSPS) is 25.9. The average Bonchev–Trinajstić information content (AvgIpc) is 3.44. The molecule has 0 aromatic carbocycles. The topological polar surface area (TPSA) is 117 Å².